The van der Waals surface area contributed by atoms with Gasteiger partial charge in [0.1, 0.15) is 11.6 Å². The van der Waals surface area contributed by atoms with Crippen molar-refractivity contribution in [2.45, 2.75) is 37.4 Å². The van der Waals surface area contributed by atoms with Crippen molar-refractivity contribution in [3.05, 3.63) is 58.5 Å². The Morgan fingerprint density at radius 2 is 1.90 bits per heavy atom. The number of hydrogen-bond donors (Lipinski definition) is 1. The van der Waals surface area contributed by atoms with Crippen LogP contribution < -0.4 is 10.2 Å². The first-order valence-electron chi connectivity index (χ1n) is 9.74. The highest BCUT2D eigenvalue weighted by molar-refractivity contribution is 6.33. The van der Waals surface area contributed by atoms with Crippen LogP contribution in [0.3, 0.4) is 0 Å². The summed E-state index contributed by atoms with van der Waals surface area (Å²) in [5, 5.41) is 3.02. The Morgan fingerprint density at radius 1 is 1.20 bits per heavy atom. The van der Waals surface area contributed by atoms with Crippen LogP contribution in [-0.4, -0.2) is 24.0 Å². The minimum atomic E-state index is -4.50. The van der Waals surface area contributed by atoms with E-state index in [0.29, 0.717) is 31.7 Å². The van der Waals surface area contributed by atoms with E-state index in [0.717, 1.165) is 30.7 Å². The van der Waals surface area contributed by atoms with Gasteiger partial charge in [0.2, 0.25) is 5.91 Å². The molecule has 2 fully saturated rings. The Labute approximate surface area is 176 Å². The molecule has 0 spiro atoms. The molecule has 0 atom stereocenters. The van der Waals surface area contributed by atoms with Gasteiger partial charge in [0.25, 0.3) is 0 Å². The number of hydrogen-bond acceptors (Lipinski definition) is 3. The number of benzene rings is 1. The lowest BCUT2D eigenvalue weighted by molar-refractivity contribution is -0.137. The summed E-state index contributed by atoms with van der Waals surface area (Å²) < 4.78 is 51.9. The SMILES string of the molecule is O=C(NC1(c2cccc(F)c2)CC1)C1CCN(c2ncc(C(F)(F)F)cc2Cl)CC1. The van der Waals surface area contributed by atoms with Gasteiger partial charge in [-0.2, -0.15) is 13.2 Å². The van der Waals surface area contributed by atoms with E-state index in [2.05, 4.69) is 10.3 Å². The highest BCUT2D eigenvalue weighted by atomic mass is 35.5. The topological polar surface area (TPSA) is 45.2 Å². The maximum absolute atomic E-state index is 13.5. The Hall–Kier alpha value is -2.35. The first kappa shape index (κ1) is 20.9. The summed E-state index contributed by atoms with van der Waals surface area (Å²) in [7, 11) is 0. The van der Waals surface area contributed by atoms with Crippen LogP contribution in [0.2, 0.25) is 5.02 Å². The molecule has 0 unspecified atom stereocenters. The van der Waals surface area contributed by atoms with Crippen molar-refractivity contribution in [2.75, 3.05) is 18.0 Å². The molecule has 0 radical (unpaired) electrons. The summed E-state index contributed by atoms with van der Waals surface area (Å²) in [6.45, 7) is 0.923. The minimum Gasteiger partial charge on any atom is -0.355 e. The van der Waals surface area contributed by atoms with Crippen LogP contribution in [-0.2, 0) is 16.5 Å². The molecule has 4 rings (SSSR count). The zero-order valence-corrected chi connectivity index (χ0v) is 16.7. The molecule has 160 valence electrons. The van der Waals surface area contributed by atoms with Crippen LogP contribution in [0, 0.1) is 11.7 Å². The zero-order valence-electron chi connectivity index (χ0n) is 16.0. The summed E-state index contributed by atoms with van der Waals surface area (Å²) in [5.41, 5.74) is -0.610. The van der Waals surface area contributed by atoms with Gasteiger partial charge in [-0.3, -0.25) is 4.79 Å². The van der Waals surface area contributed by atoms with E-state index in [1.165, 1.54) is 12.1 Å². The Balaban J connectivity index is 1.37. The first-order chi connectivity index (χ1) is 14.2. The number of alkyl halides is 3. The molecule has 1 saturated carbocycles. The van der Waals surface area contributed by atoms with E-state index < -0.39 is 17.3 Å². The van der Waals surface area contributed by atoms with Crippen LogP contribution in [0.4, 0.5) is 23.4 Å². The number of halogens is 5. The third kappa shape index (κ3) is 4.24. The Kier molecular flexibility index (Phi) is 5.38. The van der Waals surface area contributed by atoms with Crippen LogP contribution in [0.5, 0.6) is 0 Å². The minimum absolute atomic E-state index is 0.0595. The molecule has 4 nitrogen and oxygen atoms in total. The number of carbonyl (C=O) groups excluding carboxylic acids is 1. The van der Waals surface area contributed by atoms with Crippen LogP contribution in [0.25, 0.3) is 0 Å². The lowest BCUT2D eigenvalue weighted by atomic mass is 9.94. The number of nitrogens with one attached hydrogen (secondary N) is 1. The summed E-state index contributed by atoms with van der Waals surface area (Å²) in [6.07, 6.45) is -1.12. The smallest absolute Gasteiger partial charge is 0.355 e. The van der Waals surface area contributed by atoms with Crippen LogP contribution in [0.1, 0.15) is 36.8 Å². The molecule has 1 saturated heterocycles. The molecule has 1 N–H and O–H groups in total. The molecule has 2 aliphatic rings. The fourth-order valence-corrected chi connectivity index (χ4v) is 4.19. The van der Waals surface area contributed by atoms with Crippen molar-refractivity contribution in [3.8, 4) is 0 Å². The normalized spacial score (nSPS) is 18.9. The monoisotopic (exact) mass is 441 g/mol. The van der Waals surface area contributed by atoms with E-state index in [4.69, 9.17) is 11.6 Å². The van der Waals surface area contributed by atoms with E-state index >= 15 is 0 Å². The second-order valence-electron chi connectivity index (χ2n) is 7.87. The molecule has 9 heteroatoms. The summed E-state index contributed by atoms with van der Waals surface area (Å²) in [6, 6.07) is 7.15. The second-order valence-corrected chi connectivity index (χ2v) is 8.28. The molecule has 1 aromatic heterocycles. The van der Waals surface area contributed by atoms with Gasteiger partial charge < -0.3 is 10.2 Å². The third-order valence-corrected chi connectivity index (χ3v) is 6.08. The number of pyridine rings is 1. The Bertz CT molecular complexity index is 954. The molecule has 2 aromatic rings. The fourth-order valence-electron chi connectivity index (χ4n) is 3.91. The van der Waals surface area contributed by atoms with Crippen molar-refractivity contribution in [2.24, 2.45) is 5.92 Å². The van der Waals surface area contributed by atoms with Gasteiger partial charge in [0.05, 0.1) is 16.1 Å². The van der Waals surface area contributed by atoms with E-state index in [-0.39, 0.29) is 22.7 Å². The molecular weight excluding hydrogens is 422 g/mol. The van der Waals surface area contributed by atoms with Crippen molar-refractivity contribution in [1.29, 1.82) is 0 Å². The molecule has 30 heavy (non-hydrogen) atoms. The van der Waals surface area contributed by atoms with Crippen LogP contribution >= 0.6 is 11.6 Å². The predicted molar refractivity (Wildman–Crippen MR) is 105 cm³/mol. The molecule has 1 amide bonds. The summed E-state index contributed by atoms with van der Waals surface area (Å²) in [5.74, 6) is -0.340. The average Bonchev–Trinajstić information content (AvgIpc) is 3.48. The van der Waals surface area contributed by atoms with E-state index in [9.17, 15) is 22.4 Å². The highest BCUT2D eigenvalue weighted by Crippen LogP contribution is 2.46. The van der Waals surface area contributed by atoms with Crippen LogP contribution in [0.15, 0.2) is 36.5 Å². The van der Waals surface area contributed by atoms with Gasteiger partial charge in [-0.05, 0) is 49.4 Å². The third-order valence-electron chi connectivity index (χ3n) is 5.80. The fraction of sp³-hybridized carbons (Fsp3) is 0.429. The number of amides is 1. The van der Waals surface area contributed by atoms with Gasteiger partial charge in [-0.1, -0.05) is 23.7 Å². The molecule has 1 aromatic carbocycles. The molecular formula is C21H20ClF4N3O. The number of nitrogens with zero attached hydrogens (tertiary/aromatic N) is 2. The van der Waals surface area contributed by atoms with Gasteiger partial charge >= 0.3 is 6.18 Å². The average molecular weight is 442 g/mol. The zero-order chi connectivity index (χ0) is 21.5. The lowest BCUT2D eigenvalue weighted by Gasteiger charge is -2.33. The summed E-state index contributed by atoms with van der Waals surface area (Å²) >= 11 is 6.03. The van der Waals surface area contributed by atoms with Crippen molar-refractivity contribution < 1.29 is 22.4 Å². The Morgan fingerprint density at radius 3 is 2.47 bits per heavy atom. The maximum Gasteiger partial charge on any atom is 0.417 e. The van der Waals surface area contributed by atoms with Gasteiger partial charge in [-0.15, -0.1) is 0 Å². The predicted octanol–water partition coefficient (Wildman–Crippen LogP) is 4.91. The number of rotatable bonds is 4. The van der Waals surface area contributed by atoms with E-state index in [1.807, 2.05) is 6.07 Å². The number of piperidine rings is 1. The highest BCUT2D eigenvalue weighted by Gasteiger charge is 2.46. The van der Waals surface area contributed by atoms with Gasteiger partial charge in [0, 0.05) is 25.2 Å². The van der Waals surface area contributed by atoms with Gasteiger partial charge in [-0.25, -0.2) is 9.37 Å². The van der Waals surface area contributed by atoms with Gasteiger partial charge in [0.15, 0.2) is 0 Å². The number of aromatic nitrogens is 1. The van der Waals surface area contributed by atoms with Crippen molar-refractivity contribution in [1.82, 2.24) is 10.3 Å². The van der Waals surface area contributed by atoms with E-state index in [1.54, 1.807) is 11.0 Å². The maximum atomic E-state index is 13.5. The number of carbonyl (C=O) groups is 1. The standard InChI is InChI=1S/C21H20ClF4N3O/c22-17-11-15(21(24,25)26)12-27-18(17)29-8-4-13(5-9-29)19(30)28-20(6-7-20)14-2-1-3-16(23)10-14/h1-3,10-13H,4-9H2,(H,28,30). The molecule has 0 bridgehead atoms. The lowest BCUT2D eigenvalue weighted by Crippen LogP contribution is -2.44. The number of anilines is 1. The molecule has 1 aliphatic heterocycles. The summed E-state index contributed by atoms with van der Waals surface area (Å²) in [4.78, 5) is 18.5. The second kappa shape index (κ2) is 7.72. The quantitative estimate of drug-likeness (QED) is 0.685. The van der Waals surface area contributed by atoms with Crippen molar-refractivity contribution >= 4 is 23.3 Å². The first-order valence-corrected chi connectivity index (χ1v) is 10.1. The molecule has 1 aliphatic carbocycles. The van der Waals surface area contributed by atoms with Crippen molar-refractivity contribution in [3.63, 3.8) is 0 Å². The molecule has 2 heterocycles. The largest absolute Gasteiger partial charge is 0.417 e.